The predicted molar refractivity (Wildman–Crippen MR) is 107 cm³/mol. The highest BCUT2D eigenvalue weighted by Gasteiger charge is 2.25. The van der Waals surface area contributed by atoms with Gasteiger partial charge in [-0.3, -0.25) is 0 Å². The summed E-state index contributed by atoms with van der Waals surface area (Å²) in [6, 6.07) is 8.67. The van der Waals surface area contributed by atoms with Crippen molar-refractivity contribution in [3.8, 4) is 23.0 Å². The van der Waals surface area contributed by atoms with E-state index in [0.29, 0.717) is 34.1 Å². The topological polar surface area (TPSA) is 75.6 Å². The molecule has 8 heteroatoms. The molecule has 0 saturated heterocycles. The van der Waals surface area contributed by atoms with E-state index in [-0.39, 0.29) is 11.6 Å². The van der Waals surface area contributed by atoms with Crippen LogP contribution in [0.15, 0.2) is 45.5 Å². The van der Waals surface area contributed by atoms with Crippen molar-refractivity contribution >= 4 is 33.9 Å². The number of hydrogen-bond donors (Lipinski definition) is 0. The number of aliphatic imine (C=N–C) groups is 1. The summed E-state index contributed by atoms with van der Waals surface area (Å²) in [5.41, 5.74) is 1.39. The molecule has 1 aliphatic rings. The van der Waals surface area contributed by atoms with E-state index in [1.807, 2.05) is 0 Å². The van der Waals surface area contributed by atoms with Crippen molar-refractivity contribution in [2.45, 2.75) is 0 Å². The first-order valence-corrected chi connectivity index (χ1v) is 8.96. The van der Waals surface area contributed by atoms with Gasteiger partial charge in [0.25, 0.3) is 0 Å². The molecule has 0 atom stereocenters. The first-order valence-electron chi connectivity index (χ1n) is 8.17. The molecule has 1 heterocycles. The van der Waals surface area contributed by atoms with E-state index < -0.39 is 5.97 Å². The zero-order valence-electron chi connectivity index (χ0n) is 15.7. The van der Waals surface area contributed by atoms with Crippen molar-refractivity contribution in [1.29, 1.82) is 0 Å². The zero-order chi connectivity index (χ0) is 20.3. The molecular weight excluding hydrogens is 430 g/mol. The highest BCUT2D eigenvalue weighted by atomic mass is 79.9. The number of hydrogen-bond acceptors (Lipinski definition) is 7. The molecule has 146 valence electrons. The quantitative estimate of drug-likeness (QED) is 0.494. The molecule has 0 N–H and O–H groups in total. The maximum atomic E-state index is 12.3. The Labute approximate surface area is 170 Å². The van der Waals surface area contributed by atoms with E-state index in [9.17, 15) is 4.79 Å². The van der Waals surface area contributed by atoms with Gasteiger partial charge in [-0.1, -0.05) is 0 Å². The fourth-order valence-electron chi connectivity index (χ4n) is 2.64. The van der Waals surface area contributed by atoms with Crippen LogP contribution in [0.25, 0.3) is 6.08 Å². The molecule has 0 unspecified atom stereocenters. The van der Waals surface area contributed by atoms with Crippen LogP contribution in [0.3, 0.4) is 0 Å². The van der Waals surface area contributed by atoms with E-state index in [2.05, 4.69) is 20.9 Å². The monoisotopic (exact) mass is 447 g/mol. The molecule has 1 aliphatic heterocycles. The Balaban J connectivity index is 2.01. The number of methoxy groups -OCH3 is 4. The number of nitrogens with zero attached hydrogens (tertiary/aromatic N) is 1. The van der Waals surface area contributed by atoms with Gasteiger partial charge in [0.15, 0.2) is 17.2 Å². The van der Waals surface area contributed by atoms with E-state index in [1.54, 1.807) is 43.5 Å². The van der Waals surface area contributed by atoms with Crippen molar-refractivity contribution in [2.75, 3.05) is 28.4 Å². The molecule has 3 rings (SSSR count). The Kier molecular flexibility index (Phi) is 5.89. The zero-order valence-corrected chi connectivity index (χ0v) is 17.3. The fraction of sp³-hybridized carbons (Fsp3) is 0.200. The van der Waals surface area contributed by atoms with Gasteiger partial charge in [0.2, 0.25) is 5.90 Å². The van der Waals surface area contributed by atoms with Crippen molar-refractivity contribution in [1.82, 2.24) is 0 Å². The van der Waals surface area contributed by atoms with E-state index in [4.69, 9.17) is 23.7 Å². The van der Waals surface area contributed by atoms with E-state index in [0.717, 1.165) is 4.47 Å². The highest BCUT2D eigenvalue weighted by Crippen LogP contribution is 2.36. The molecule has 0 aliphatic carbocycles. The predicted octanol–water partition coefficient (Wildman–Crippen LogP) is 3.83. The summed E-state index contributed by atoms with van der Waals surface area (Å²) in [4.78, 5) is 16.6. The highest BCUT2D eigenvalue weighted by molar-refractivity contribution is 9.10. The van der Waals surface area contributed by atoms with Crippen molar-refractivity contribution in [2.24, 2.45) is 4.99 Å². The van der Waals surface area contributed by atoms with Gasteiger partial charge in [-0.25, -0.2) is 9.79 Å². The van der Waals surface area contributed by atoms with Gasteiger partial charge in [0.1, 0.15) is 11.5 Å². The molecule has 2 aromatic carbocycles. The van der Waals surface area contributed by atoms with Gasteiger partial charge < -0.3 is 23.7 Å². The van der Waals surface area contributed by atoms with Gasteiger partial charge in [-0.2, -0.15) is 0 Å². The fourth-order valence-corrected chi connectivity index (χ4v) is 3.19. The van der Waals surface area contributed by atoms with Crippen LogP contribution in [-0.2, 0) is 9.53 Å². The van der Waals surface area contributed by atoms with Gasteiger partial charge >= 0.3 is 5.97 Å². The first kappa shape index (κ1) is 19.8. The molecule has 2 aromatic rings. The lowest BCUT2D eigenvalue weighted by Crippen LogP contribution is -2.05. The van der Waals surface area contributed by atoms with Gasteiger partial charge in [0.05, 0.1) is 32.9 Å². The minimum atomic E-state index is -0.557. The Morgan fingerprint density at radius 2 is 1.54 bits per heavy atom. The Morgan fingerprint density at radius 3 is 2.14 bits per heavy atom. The summed E-state index contributed by atoms with van der Waals surface area (Å²) in [5, 5.41) is 0. The second-order valence-electron chi connectivity index (χ2n) is 5.63. The number of esters is 1. The maximum Gasteiger partial charge on any atom is 0.363 e. The van der Waals surface area contributed by atoms with Crippen LogP contribution in [0.2, 0.25) is 0 Å². The molecule has 28 heavy (non-hydrogen) atoms. The lowest BCUT2D eigenvalue weighted by molar-refractivity contribution is -0.129. The van der Waals surface area contributed by atoms with Crippen LogP contribution in [0, 0.1) is 0 Å². The average molecular weight is 448 g/mol. The molecule has 0 spiro atoms. The summed E-state index contributed by atoms with van der Waals surface area (Å²) >= 11 is 3.41. The standard InChI is InChI=1S/C20H18BrNO6/c1-24-15-6-5-11(7-13(15)21)19-22-14(20(23)28-19)8-12-9-17(26-3)18(27-4)10-16(12)25-2/h5-10H,1-4H3. The van der Waals surface area contributed by atoms with Gasteiger partial charge in [-0.15, -0.1) is 0 Å². The Hall–Kier alpha value is -3.00. The van der Waals surface area contributed by atoms with Crippen LogP contribution in [-0.4, -0.2) is 40.3 Å². The van der Waals surface area contributed by atoms with Crippen LogP contribution in [0.4, 0.5) is 0 Å². The molecular formula is C20H18BrNO6. The number of cyclic esters (lactones) is 1. The Morgan fingerprint density at radius 1 is 0.893 bits per heavy atom. The van der Waals surface area contributed by atoms with Crippen molar-refractivity contribution in [3.05, 3.63) is 51.6 Å². The van der Waals surface area contributed by atoms with Gasteiger partial charge in [-0.05, 0) is 46.3 Å². The lowest BCUT2D eigenvalue weighted by Gasteiger charge is -2.12. The van der Waals surface area contributed by atoms with Crippen molar-refractivity contribution < 1.29 is 28.5 Å². The minimum absolute atomic E-state index is 0.146. The van der Waals surface area contributed by atoms with Crippen molar-refractivity contribution in [3.63, 3.8) is 0 Å². The largest absolute Gasteiger partial charge is 0.496 e. The average Bonchev–Trinajstić information content (AvgIpc) is 3.07. The number of benzene rings is 2. The molecule has 0 fully saturated rings. The maximum absolute atomic E-state index is 12.3. The van der Waals surface area contributed by atoms with E-state index in [1.165, 1.54) is 21.3 Å². The molecule has 0 bridgehead atoms. The summed E-state index contributed by atoms with van der Waals surface area (Å²) in [5.74, 6) is 1.85. The first-order chi connectivity index (χ1) is 13.5. The minimum Gasteiger partial charge on any atom is -0.496 e. The van der Waals surface area contributed by atoms with Gasteiger partial charge in [0, 0.05) is 17.2 Å². The number of carbonyl (C=O) groups excluding carboxylic acids is 1. The van der Waals surface area contributed by atoms with Crippen LogP contribution in [0.1, 0.15) is 11.1 Å². The number of rotatable bonds is 6. The van der Waals surface area contributed by atoms with Crippen LogP contribution in [0.5, 0.6) is 23.0 Å². The lowest BCUT2D eigenvalue weighted by atomic mass is 10.1. The van der Waals surface area contributed by atoms with Crippen LogP contribution < -0.4 is 18.9 Å². The normalized spacial score (nSPS) is 14.5. The summed E-state index contributed by atoms with van der Waals surface area (Å²) in [6.45, 7) is 0. The third-order valence-electron chi connectivity index (χ3n) is 4.05. The molecule has 0 amide bonds. The Bertz CT molecular complexity index is 983. The molecule has 0 radical (unpaired) electrons. The summed E-state index contributed by atoms with van der Waals surface area (Å²) in [7, 11) is 6.17. The number of ether oxygens (including phenoxy) is 5. The SMILES string of the molecule is COc1ccc(C2=NC(=Cc3cc(OC)c(OC)cc3OC)C(=O)O2)cc1Br. The van der Waals surface area contributed by atoms with Crippen LogP contribution >= 0.6 is 15.9 Å². The molecule has 0 saturated carbocycles. The third-order valence-corrected chi connectivity index (χ3v) is 4.67. The second kappa shape index (κ2) is 8.35. The second-order valence-corrected chi connectivity index (χ2v) is 6.49. The number of halogens is 1. The smallest absolute Gasteiger partial charge is 0.363 e. The molecule has 7 nitrogen and oxygen atoms in total. The van der Waals surface area contributed by atoms with E-state index >= 15 is 0 Å². The summed E-state index contributed by atoms with van der Waals surface area (Å²) < 4.78 is 27.2. The summed E-state index contributed by atoms with van der Waals surface area (Å²) in [6.07, 6.45) is 1.58. The molecule has 0 aromatic heterocycles. The number of carbonyl (C=O) groups is 1. The third kappa shape index (κ3) is 3.82.